The van der Waals surface area contributed by atoms with Gasteiger partial charge in [0.1, 0.15) is 0 Å². The number of benzene rings is 1. The molecule has 5 nitrogen and oxygen atoms in total. The Kier molecular flexibility index (Phi) is 5.28. The molecule has 2 saturated heterocycles. The predicted molar refractivity (Wildman–Crippen MR) is 90.4 cm³/mol. The zero-order valence-electron chi connectivity index (χ0n) is 13.5. The maximum absolute atomic E-state index is 12.5. The lowest BCUT2D eigenvalue weighted by Crippen LogP contribution is -2.37. The number of carbonyl (C=O) groups is 2. The first-order chi connectivity index (χ1) is 11.2. The number of likely N-dealkylation sites (tertiary alicyclic amines) is 1. The van der Waals surface area contributed by atoms with E-state index in [4.69, 9.17) is 0 Å². The highest BCUT2D eigenvalue weighted by Gasteiger charge is 2.22. The highest BCUT2D eigenvalue weighted by atomic mass is 16.2. The second-order valence-electron chi connectivity index (χ2n) is 6.47. The Labute approximate surface area is 137 Å². The number of rotatable bonds is 3. The van der Waals surface area contributed by atoms with Crippen LogP contribution in [0, 0.1) is 5.92 Å². The van der Waals surface area contributed by atoms with Crippen molar-refractivity contribution in [1.29, 1.82) is 0 Å². The Morgan fingerprint density at radius 3 is 2.70 bits per heavy atom. The summed E-state index contributed by atoms with van der Waals surface area (Å²) in [6.45, 7) is 3.40. The minimum atomic E-state index is 0.0187. The van der Waals surface area contributed by atoms with Crippen molar-refractivity contribution < 1.29 is 9.59 Å². The highest BCUT2D eigenvalue weighted by Crippen LogP contribution is 2.18. The molecule has 2 aliphatic heterocycles. The van der Waals surface area contributed by atoms with E-state index in [1.807, 2.05) is 23.1 Å². The molecular weight excluding hydrogens is 290 g/mol. The molecule has 124 valence electrons. The first-order valence-corrected chi connectivity index (χ1v) is 8.65. The van der Waals surface area contributed by atoms with Gasteiger partial charge < -0.3 is 15.5 Å². The normalized spacial score (nSPS) is 21.7. The molecule has 0 aliphatic carbocycles. The van der Waals surface area contributed by atoms with E-state index in [9.17, 15) is 9.59 Å². The molecule has 2 heterocycles. The van der Waals surface area contributed by atoms with Gasteiger partial charge in [-0.15, -0.1) is 0 Å². The summed E-state index contributed by atoms with van der Waals surface area (Å²) in [4.78, 5) is 26.8. The maximum atomic E-state index is 12.5. The van der Waals surface area contributed by atoms with Gasteiger partial charge in [-0.2, -0.15) is 0 Å². The molecule has 0 bridgehead atoms. The van der Waals surface area contributed by atoms with Crippen molar-refractivity contribution in [3.8, 4) is 0 Å². The lowest BCUT2D eigenvalue weighted by Gasteiger charge is -2.27. The van der Waals surface area contributed by atoms with Crippen LogP contribution in [0.15, 0.2) is 24.3 Å². The van der Waals surface area contributed by atoms with Crippen molar-refractivity contribution in [3.63, 3.8) is 0 Å². The third-order valence-electron chi connectivity index (χ3n) is 4.69. The smallest absolute Gasteiger partial charge is 0.253 e. The molecule has 0 radical (unpaired) electrons. The number of hydrogen-bond donors (Lipinski definition) is 2. The van der Waals surface area contributed by atoms with Crippen LogP contribution in [0.25, 0.3) is 0 Å². The van der Waals surface area contributed by atoms with Gasteiger partial charge in [-0.25, -0.2) is 0 Å². The van der Waals surface area contributed by atoms with E-state index in [0.717, 1.165) is 51.9 Å². The zero-order valence-corrected chi connectivity index (χ0v) is 13.5. The summed E-state index contributed by atoms with van der Waals surface area (Å²) in [5, 5.41) is 6.21. The molecule has 1 aromatic rings. The number of nitrogens with zero attached hydrogens (tertiary/aromatic N) is 1. The van der Waals surface area contributed by atoms with Crippen molar-refractivity contribution in [2.75, 3.05) is 31.5 Å². The number of hydrogen-bond acceptors (Lipinski definition) is 3. The summed E-state index contributed by atoms with van der Waals surface area (Å²) >= 11 is 0. The number of anilines is 1. The van der Waals surface area contributed by atoms with Gasteiger partial charge in [0.25, 0.3) is 5.91 Å². The van der Waals surface area contributed by atoms with Crippen LogP contribution in [0.4, 0.5) is 5.69 Å². The Morgan fingerprint density at radius 1 is 1.13 bits per heavy atom. The Balaban J connectivity index is 1.64. The fourth-order valence-electron chi connectivity index (χ4n) is 3.33. The minimum absolute atomic E-state index is 0.0187. The fourth-order valence-corrected chi connectivity index (χ4v) is 3.33. The minimum Gasteiger partial charge on any atom is -0.339 e. The Hall–Kier alpha value is -1.88. The second kappa shape index (κ2) is 7.59. The van der Waals surface area contributed by atoms with Crippen molar-refractivity contribution in [2.24, 2.45) is 5.92 Å². The van der Waals surface area contributed by atoms with Crippen molar-refractivity contribution in [2.45, 2.75) is 32.1 Å². The number of nitrogens with one attached hydrogen (secondary N) is 2. The molecule has 1 atom stereocenters. The van der Waals surface area contributed by atoms with E-state index in [1.165, 1.54) is 6.42 Å². The topological polar surface area (TPSA) is 61.4 Å². The average Bonchev–Trinajstić information content (AvgIpc) is 2.63. The standard InChI is InChI=1S/C18H25N3O2/c22-17(15-7-5-9-19-13-15)20-16-8-4-6-14(12-16)18(23)21-10-2-1-3-11-21/h4,6,8,12,15,19H,1-3,5,7,9-11,13H2,(H,20,22). The number of carbonyl (C=O) groups excluding carboxylic acids is 2. The molecule has 1 aromatic carbocycles. The molecule has 2 N–H and O–H groups in total. The van der Waals surface area contributed by atoms with Crippen LogP contribution < -0.4 is 10.6 Å². The quantitative estimate of drug-likeness (QED) is 0.899. The van der Waals surface area contributed by atoms with Gasteiger partial charge in [-0.1, -0.05) is 6.07 Å². The van der Waals surface area contributed by atoms with Gasteiger partial charge in [0.05, 0.1) is 5.92 Å². The number of piperidine rings is 2. The van der Waals surface area contributed by atoms with Crippen LogP contribution in [-0.2, 0) is 4.79 Å². The van der Waals surface area contributed by atoms with Gasteiger partial charge in [-0.3, -0.25) is 9.59 Å². The summed E-state index contributed by atoms with van der Waals surface area (Å²) in [5.74, 6) is 0.130. The van der Waals surface area contributed by atoms with Crippen molar-refractivity contribution in [1.82, 2.24) is 10.2 Å². The van der Waals surface area contributed by atoms with E-state index in [0.29, 0.717) is 11.3 Å². The third-order valence-corrected chi connectivity index (χ3v) is 4.69. The molecule has 1 unspecified atom stereocenters. The number of amides is 2. The summed E-state index contributed by atoms with van der Waals surface area (Å²) in [6.07, 6.45) is 5.32. The maximum Gasteiger partial charge on any atom is 0.253 e. The molecule has 3 rings (SSSR count). The SMILES string of the molecule is O=C(Nc1cccc(C(=O)N2CCCCC2)c1)C1CCCNC1. The van der Waals surface area contributed by atoms with Crippen LogP contribution >= 0.6 is 0 Å². The lowest BCUT2D eigenvalue weighted by molar-refractivity contribution is -0.120. The molecule has 2 aliphatic rings. The van der Waals surface area contributed by atoms with E-state index in [1.54, 1.807) is 6.07 Å². The molecule has 23 heavy (non-hydrogen) atoms. The van der Waals surface area contributed by atoms with E-state index in [-0.39, 0.29) is 17.7 Å². The first-order valence-electron chi connectivity index (χ1n) is 8.65. The van der Waals surface area contributed by atoms with Crippen LogP contribution in [-0.4, -0.2) is 42.9 Å². The Morgan fingerprint density at radius 2 is 1.96 bits per heavy atom. The van der Waals surface area contributed by atoms with E-state index in [2.05, 4.69) is 10.6 Å². The monoisotopic (exact) mass is 315 g/mol. The highest BCUT2D eigenvalue weighted by molar-refractivity contribution is 5.97. The molecule has 2 fully saturated rings. The van der Waals surface area contributed by atoms with E-state index < -0.39 is 0 Å². The molecule has 2 amide bonds. The second-order valence-corrected chi connectivity index (χ2v) is 6.47. The third kappa shape index (κ3) is 4.10. The first kappa shape index (κ1) is 16.0. The predicted octanol–water partition coefficient (Wildman–Crippen LogP) is 2.25. The van der Waals surface area contributed by atoms with Gasteiger partial charge in [-0.05, 0) is 56.8 Å². The van der Waals surface area contributed by atoms with Gasteiger partial charge in [0, 0.05) is 30.9 Å². The summed E-state index contributed by atoms with van der Waals surface area (Å²) in [7, 11) is 0. The van der Waals surface area contributed by atoms with Crippen molar-refractivity contribution >= 4 is 17.5 Å². The van der Waals surface area contributed by atoms with Crippen LogP contribution in [0.5, 0.6) is 0 Å². The molecule has 0 spiro atoms. The van der Waals surface area contributed by atoms with Gasteiger partial charge >= 0.3 is 0 Å². The van der Waals surface area contributed by atoms with E-state index >= 15 is 0 Å². The molecule has 5 heteroatoms. The largest absolute Gasteiger partial charge is 0.339 e. The average molecular weight is 315 g/mol. The Bertz CT molecular complexity index is 561. The van der Waals surface area contributed by atoms with Crippen LogP contribution in [0.1, 0.15) is 42.5 Å². The van der Waals surface area contributed by atoms with Gasteiger partial charge in [0.2, 0.25) is 5.91 Å². The fraction of sp³-hybridized carbons (Fsp3) is 0.556. The summed E-state index contributed by atoms with van der Waals surface area (Å²) < 4.78 is 0. The molecule has 0 saturated carbocycles. The molecular formula is C18H25N3O2. The summed E-state index contributed by atoms with van der Waals surface area (Å²) in [5.41, 5.74) is 1.37. The van der Waals surface area contributed by atoms with Gasteiger partial charge in [0.15, 0.2) is 0 Å². The molecule has 0 aromatic heterocycles. The lowest BCUT2D eigenvalue weighted by atomic mass is 9.98. The zero-order chi connectivity index (χ0) is 16.1. The van der Waals surface area contributed by atoms with Crippen LogP contribution in [0.3, 0.4) is 0 Å². The van der Waals surface area contributed by atoms with Crippen molar-refractivity contribution in [3.05, 3.63) is 29.8 Å². The summed E-state index contributed by atoms with van der Waals surface area (Å²) in [6, 6.07) is 7.31. The van der Waals surface area contributed by atoms with Crippen LogP contribution in [0.2, 0.25) is 0 Å².